The average molecular weight is 250 g/mol. The lowest BCUT2D eigenvalue weighted by Gasteiger charge is -2.20. The Hall–Kier alpha value is -0.630. The molecule has 1 aliphatic heterocycles. The van der Waals surface area contributed by atoms with E-state index in [-0.39, 0.29) is 0 Å². The Morgan fingerprint density at radius 3 is 2.76 bits per heavy atom. The molecule has 2 heteroatoms. The molecule has 0 aliphatic carbocycles. The summed E-state index contributed by atoms with van der Waals surface area (Å²) in [5.41, 5.74) is 0. The molecule has 94 valence electrons. The van der Waals surface area contributed by atoms with Gasteiger partial charge in [0.15, 0.2) is 0 Å². The van der Waals surface area contributed by atoms with Crippen LogP contribution in [0.3, 0.4) is 0 Å². The molecule has 1 heterocycles. The fourth-order valence-corrected chi connectivity index (χ4v) is 3.59. The second-order valence-corrected chi connectivity index (χ2v) is 6.05. The smallest absolute Gasteiger partial charge is 0.119 e. The molecule has 0 spiro atoms. The summed E-state index contributed by atoms with van der Waals surface area (Å²) in [5.74, 6) is 2.38. The van der Waals surface area contributed by atoms with Crippen LogP contribution < -0.4 is 4.74 Å². The van der Waals surface area contributed by atoms with E-state index in [2.05, 4.69) is 11.8 Å². The van der Waals surface area contributed by atoms with Gasteiger partial charge in [0.05, 0.1) is 6.61 Å². The largest absolute Gasteiger partial charge is 0.494 e. The first-order valence-corrected chi connectivity index (χ1v) is 7.79. The standard InChI is InChI=1S/C15H22OS/c1-2-8-14(9-3-1)16-12-6-4-10-15-11-5-7-13-17-15/h1-3,8-9,15H,4-7,10-13H2. The lowest BCUT2D eigenvalue weighted by Crippen LogP contribution is -2.09. The van der Waals surface area contributed by atoms with Gasteiger partial charge in [-0.15, -0.1) is 0 Å². The zero-order valence-corrected chi connectivity index (χ0v) is 11.3. The number of benzene rings is 1. The van der Waals surface area contributed by atoms with Crippen molar-refractivity contribution < 1.29 is 4.74 Å². The number of hydrogen-bond acceptors (Lipinski definition) is 2. The molecule has 1 atom stereocenters. The number of hydrogen-bond donors (Lipinski definition) is 0. The fraction of sp³-hybridized carbons (Fsp3) is 0.600. The lowest BCUT2D eigenvalue weighted by molar-refractivity contribution is 0.304. The van der Waals surface area contributed by atoms with Gasteiger partial charge in [-0.1, -0.05) is 24.6 Å². The number of unbranched alkanes of at least 4 members (excludes halogenated alkanes) is 1. The van der Waals surface area contributed by atoms with Crippen molar-refractivity contribution in [2.45, 2.75) is 43.8 Å². The summed E-state index contributed by atoms with van der Waals surface area (Å²) in [7, 11) is 0. The normalized spacial score (nSPS) is 20.1. The molecule has 0 amide bonds. The highest BCUT2D eigenvalue weighted by molar-refractivity contribution is 7.99. The van der Waals surface area contributed by atoms with Gasteiger partial charge in [0.2, 0.25) is 0 Å². The van der Waals surface area contributed by atoms with Gasteiger partial charge < -0.3 is 4.74 Å². The summed E-state index contributed by atoms with van der Waals surface area (Å²) in [6.45, 7) is 0.862. The third kappa shape index (κ3) is 5.03. The van der Waals surface area contributed by atoms with Gasteiger partial charge in [0.1, 0.15) is 5.75 Å². The zero-order valence-electron chi connectivity index (χ0n) is 10.4. The molecule has 1 aromatic rings. The van der Waals surface area contributed by atoms with Crippen molar-refractivity contribution in [1.82, 2.24) is 0 Å². The van der Waals surface area contributed by atoms with Crippen LogP contribution in [0.15, 0.2) is 30.3 Å². The molecule has 1 unspecified atom stereocenters. The molecule has 1 fully saturated rings. The highest BCUT2D eigenvalue weighted by Gasteiger charge is 2.12. The molecule has 0 saturated carbocycles. The van der Waals surface area contributed by atoms with E-state index in [0.29, 0.717) is 0 Å². The van der Waals surface area contributed by atoms with Crippen LogP contribution in [0.2, 0.25) is 0 Å². The predicted octanol–water partition coefficient (Wildman–Crippen LogP) is 4.52. The molecule has 1 aromatic carbocycles. The van der Waals surface area contributed by atoms with E-state index in [0.717, 1.165) is 17.6 Å². The minimum Gasteiger partial charge on any atom is -0.494 e. The zero-order chi connectivity index (χ0) is 11.8. The molecule has 1 aliphatic rings. The second kappa shape index (κ2) is 7.65. The van der Waals surface area contributed by atoms with Gasteiger partial charge in [-0.25, -0.2) is 0 Å². The van der Waals surface area contributed by atoms with Crippen molar-refractivity contribution in [2.24, 2.45) is 0 Å². The Kier molecular flexibility index (Phi) is 5.77. The summed E-state index contributed by atoms with van der Waals surface area (Å²) in [5, 5.41) is 0.931. The van der Waals surface area contributed by atoms with E-state index in [1.54, 1.807) is 0 Å². The van der Waals surface area contributed by atoms with Crippen molar-refractivity contribution >= 4 is 11.8 Å². The second-order valence-electron chi connectivity index (χ2n) is 4.65. The van der Waals surface area contributed by atoms with Gasteiger partial charge in [-0.2, -0.15) is 11.8 Å². The first-order valence-electron chi connectivity index (χ1n) is 6.74. The maximum Gasteiger partial charge on any atom is 0.119 e. The van der Waals surface area contributed by atoms with E-state index >= 15 is 0 Å². The summed E-state index contributed by atoms with van der Waals surface area (Å²) in [6.07, 6.45) is 8.18. The van der Waals surface area contributed by atoms with Crippen LogP contribution in [-0.4, -0.2) is 17.6 Å². The lowest BCUT2D eigenvalue weighted by atomic mass is 10.1. The number of para-hydroxylation sites is 1. The van der Waals surface area contributed by atoms with Crippen LogP contribution in [0.5, 0.6) is 5.75 Å². The Bertz CT molecular complexity index is 293. The molecule has 0 aromatic heterocycles. The van der Waals surface area contributed by atoms with Crippen molar-refractivity contribution in [3.8, 4) is 5.75 Å². The number of ether oxygens (including phenoxy) is 1. The van der Waals surface area contributed by atoms with Gasteiger partial charge >= 0.3 is 0 Å². The molecule has 1 nitrogen and oxygen atoms in total. The molecule has 0 radical (unpaired) electrons. The van der Waals surface area contributed by atoms with Crippen molar-refractivity contribution in [2.75, 3.05) is 12.4 Å². The Morgan fingerprint density at radius 1 is 1.12 bits per heavy atom. The summed E-state index contributed by atoms with van der Waals surface area (Å²) >= 11 is 2.18. The summed E-state index contributed by atoms with van der Waals surface area (Å²) in [4.78, 5) is 0. The van der Waals surface area contributed by atoms with Crippen molar-refractivity contribution in [3.63, 3.8) is 0 Å². The molecule has 2 rings (SSSR count). The van der Waals surface area contributed by atoms with Gasteiger partial charge in [0, 0.05) is 5.25 Å². The number of rotatable bonds is 6. The Morgan fingerprint density at radius 2 is 2.00 bits per heavy atom. The van der Waals surface area contributed by atoms with Gasteiger partial charge in [-0.3, -0.25) is 0 Å². The average Bonchev–Trinajstić information content (AvgIpc) is 2.41. The molecule has 0 N–H and O–H groups in total. The highest BCUT2D eigenvalue weighted by Crippen LogP contribution is 2.28. The molecule has 1 saturated heterocycles. The maximum atomic E-state index is 5.69. The van der Waals surface area contributed by atoms with Crippen LogP contribution in [0, 0.1) is 0 Å². The minimum atomic E-state index is 0.862. The quantitative estimate of drug-likeness (QED) is 0.686. The monoisotopic (exact) mass is 250 g/mol. The van der Waals surface area contributed by atoms with E-state index in [4.69, 9.17) is 4.74 Å². The molecule has 17 heavy (non-hydrogen) atoms. The predicted molar refractivity (Wildman–Crippen MR) is 75.9 cm³/mol. The topological polar surface area (TPSA) is 9.23 Å². The van der Waals surface area contributed by atoms with Gasteiger partial charge in [0.25, 0.3) is 0 Å². The van der Waals surface area contributed by atoms with Crippen molar-refractivity contribution in [3.05, 3.63) is 30.3 Å². The van der Waals surface area contributed by atoms with Crippen molar-refractivity contribution in [1.29, 1.82) is 0 Å². The van der Waals surface area contributed by atoms with Crippen LogP contribution in [0.4, 0.5) is 0 Å². The molecular formula is C15H22OS. The third-order valence-corrected chi connectivity index (χ3v) is 4.67. The minimum absolute atomic E-state index is 0.862. The third-order valence-electron chi connectivity index (χ3n) is 3.21. The highest BCUT2D eigenvalue weighted by atomic mass is 32.2. The Labute approximate surface area is 109 Å². The molecule has 0 bridgehead atoms. The fourth-order valence-electron chi connectivity index (χ4n) is 2.22. The van der Waals surface area contributed by atoms with E-state index in [9.17, 15) is 0 Å². The van der Waals surface area contributed by atoms with E-state index in [1.807, 2.05) is 30.3 Å². The summed E-state index contributed by atoms with van der Waals surface area (Å²) in [6, 6.07) is 10.1. The molecular weight excluding hydrogens is 228 g/mol. The van der Waals surface area contributed by atoms with Crippen LogP contribution >= 0.6 is 11.8 Å². The van der Waals surface area contributed by atoms with E-state index in [1.165, 1.54) is 44.3 Å². The van der Waals surface area contributed by atoms with Crippen LogP contribution in [-0.2, 0) is 0 Å². The van der Waals surface area contributed by atoms with Crippen LogP contribution in [0.25, 0.3) is 0 Å². The first kappa shape index (κ1) is 12.8. The van der Waals surface area contributed by atoms with Gasteiger partial charge in [-0.05, 0) is 50.0 Å². The Balaban J connectivity index is 1.51. The van der Waals surface area contributed by atoms with Crippen LogP contribution in [0.1, 0.15) is 38.5 Å². The first-order chi connectivity index (χ1) is 8.45. The van der Waals surface area contributed by atoms with E-state index < -0.39 is 0 Å². The summed E-state index contributed by atoms with van der Waals surface area (Å²) < 4.78 is 5.69. The number of thioether (sulfide) groups is 1. The maximum absolute atomic E-state index is 5.69. The SMILES string of the molecule is c1ccc(OCCCCC2CCCCS2)cc1.